The van der Waals surface area contributed by atoms with E-state index < -0.39 is 11.6 Å². The van der Waals surface area contributed by atoms with Crippen LogP contribution in [0.1, 0.15) is 25.3 Å². The molecule has 0 atom stereocenters. The third-order valence-electron chi connectivity index (χ3n) is 3.96. The smallest absolute Gasteiger partial charge is 0.216 e. The van der Waals surface area contributed by atoms with Gasteiger partial charge in [-0.05, 0) is 24.8 Å². The van der Waals surface area contributed by atoms with Crippen molar-refractivity contribution in [1.29, 1.82) is 0 Å². The third kappa shape index (κ3) is 3.69. The van der Waals surface area contributed by atoms with Crippen LogP contribution in [0.25, 0.3) is 0 Å². The number of nitrogens with zero attached hydrogens (tertiary/aromatic N) is 1. The molecule has 116 valence electrons. The zero-order chi connectivity index (χ0) is 15.4. The number of anilines is 1. The Morgan fingerprint density at radius 1 is 1.33 bits per heavy atom. The van der Waals surface area contributed by atoms with Crippen molar-refractivity contribution in [3.05, 3.63) is 29.3 Å². The van der Waals surface area contributed by atoms with E-state index in [1.807, 2.05) is 4.90 Å². The molecule has 6 heteroatoms. The summed E-state index contributed by atoms with van der Waals surface area (Å²) in [5, 5.41) is 2.80. The van der Waals surface area contributed by atoms with Gasteiger partial charge in [0.2, 0.25) is 5.91 Å². The lowest BCUT2D eigenvalue weighted by Gasteiger charge is -2.34. The second-order valence-corrected chi connectivity index (χ2v) is 5.44. The van der Waals surface area contributed by atoms with Crippen LogP contribution >= 0.6 is 0 Å². The molecule has 4 nitrogen and oxygen atoms in total. The highest BCUT2D eigenvalue weighted by atomic mass is 19.2. The number of nitrogens with two attached hydrogens (primary N) is 1. The summed E-state index contributed by atoms with van der Waals surface area (Å²) < 4.78 is 27.8. The van der Waals surface area contributed by atoms with Gasteiger partial charge < -0.3 is 16.0 Å². The highest BCUT2D eigenvalue weighted by molar-refractivity contribution is 5.72. The number of carbonyl (C=O) groups is 1. The number of nitrogens with one attached hydrogen (secondary N) is 1. The van der Waals surface area contributed by atoms with Crippen molar-refractivity contribution in [3.63, 3.8) is 0 Å². The van der Waals surface area contributed by atoms with Crippen LogP contribution in [0.15, 0.2) is 12.1 Å². The number of halogens is 2. The highest BCUT2D eigenvalue weighted by Crippen LogP contribution is 2.28. The van der Waals surface area contributed by atoms with E-state index in [4.69, 9.17) is 5.73 Å². The Bertz CT molecular complexity index is 514. The Morgan fingerprint density at radius 2 is 2.00 bits per heavy atom. The van der Waals surface area contributed by atoms with Crippen molar-refractivity contribution in [2.75, 3.05) is 24.5 Å². The molecule has 2 rings (SSSR count). The first-order chi connectivity index (χ1) is 10.0. The van der Waals surface area contributed by atoms with Gasteiger partial charge in [0.15, 0.2) is 11.6 Å². The number of hydrogen-bond donors (Lipinski definition) is 2. The second kappa shape index (κ2) is 6.85. The third-order valence-corrected chi connectivity index (χ3v) is 3.96. The predicted molar refractivity (Wildman–Crippen MR) is 77.9 cm³/mol. The Morgan fingerprint density at radius 3 is 2.57 bits per heavy atom. The maximum atomic E-state index is 14.1. The first-order valence-corrected chi connectivity index (χ1v) is 7.19. The minimum Gasteiger partial charge on any atom is -0.369 e. The summed E-state index contributed by atoms with van der Waals surface area (Å²) >= 11 is 0. The molecule has 0 aromatic heterocycles. The molecule has 0 aliphatic carbocycles. The van der Waals surface area contributed by atoms with Crippen molar-refractivity contribution >= 4 is 11.6 Å². The zero-order valence-electron chi connectivity index (χ0n) is 12.2. The number of carbonyl (C=O) groups excluding carboxylic acids is 1. The van der Waals surface area contributed by atoms with Gasteiger partial charge in [0.05, 0.1) is 5.69 Å². The number of rotatable bonds is 4. The number of benzene rings is 1. The fourth-order valence-electron chi connectivity index (χ4n) is 2.65. The van der Waals surface area contributed by atoms with Crippen LogP contribution in [0, 0.1) is 17.6 Å². The number of piperidine rings is 1. The Labute approximate surface area is 123 Å². The zero-order valence-corrected chi connectivity index (χ0v) is 12.2. The largest absolute Gasteiger partial charge is 0.369 e. The fraction of sp³-hybridized carbons (Fsp3) is 0.533. The average Bonchev–Trinajstić information content (AvgIpc) is 2.48. The van der Waals surface area contributed by atoms with Crippen LogP contribution < -0.4 is 16.0 Å². The lowest BCUT2D eigenvalue weighted by atomic mass is 9.96. The van der Waals surface area contributed by atoms with E-state index in [1.165, 1.54) is 13.0 Å². The Balaban J connectivity index is 1.99. The van der Waals surface area contributed by atoms with E-state index >= 15 is 0 Å². The number of amides is 1. The van der Waals surface area contributed by atoms with Crippen molar-refractivity contribution in [1.82, 2.24) is 5.32 Å². The van der Waals surface area contributed by atoms with Crippen molar-refractivity contribution in [2.24, 2.45) is 11.7 Å². The molecule has 0 spiro atoms. The molecule has 3 N–H and O–H groups in total. The molecule has 1 saturated heterocycles. The summed E-state index contributed by atoms with van der Waals surface area (Å²) in [5.41, 5.74) is 5.85. The molecule has 1 aliphatic rings. The van der Waals surface area contributed by atoms with Gasteiger partial charge in [0.25, 0.3) is 0 Å². The monoisotopic (exact) mass is 297 g/mol. The lowest BCUT2D eigenvalue weighted by molar-refractivity contribution is -0.119. The van der Waals surface area contributed by atoms with Crippen LogP contribution in [-0.2, 0) is 11.3 Å². The van der Waals surface area contributed by atoms with E-state index in [2.05, 4.69) is 5.32 Å². The maximum absolute atomic E-state index is 14.1. The van der Waals surface area contributed by atoms with Gasteiger partial charge in [-0.1, -0.05) is 6.07 Å². The topological polar surface area (TPSA) is 58.4 Å². The summed E-state index contributed by atoms with van der Waals surface area (Å²) in [6.45, 7) is 3.44. The first kappa shape index (κ1) is 15.7. The van der Waals surface area contributed by atoms with Gasteiger partial charge in [-0.3, -0.25) is 4.79 Å². The first-order valence-electron chi connectivity index (χ1n) is 7.19. The van der Waals surface area contributed by atoms with E-state index in [1.54, 1.807) is 6.07 Å². The summed E-state index contributed by atoms with van der Waals surface area (Å²) in [5.74, 6) is -1.32. The Hall–Kier alpha value is -1.69. The average molecular weight is 297 g/mol. The van der Waals surface area contributed by atoms with Gasteiger partial charge in [-0.2, -0.15) is 0 Å². The summed E-state index contributed by atoms with van der Waals surface area (Å²) in [6, 6.07) is 3.13. The van der Waals surface area contributed by atoms with Crippen molar-refractivity contribution in [2.45, 2.75) is 26.3 Å². The minimum absolute atomic E-state index is 0.0121. The molecule has 1 fully saturated rings. The molecule has 1 aromatic carbocycles. The van der Waals surface area contributed by atoms with Crippen LogP contribution in [0.4, 0.5) is 14.5 Å². The Kier molecular flexibility index (Phi) is 5.12. The molecule has 1 heterocycles. The maximum Gasteiger partial charge on any atom is 0.216 e. The second-order valence-electron chi connectivity index (χ2n) is 5.44. The van der Waals surface area contributed by atoms with E-state index in [0.29, 0.717) is 31.2 Å². The van der Waals surface area contributed by atoms with Crippen molar-refractivity contribution in [3.8, 4) is 0 Å². The molecular weight excluding hydrogens is 276 g/mol. The molecule has 0 unspecified atom stereocenters. The standard InChI is InChI=1S/C15H21F2N3O/c1-10(21)19-9-11-4-6-20(7-5-11)13-3-2-12(8-18)14(16)15(13)17/h2-3,11H,4-9,18H2,1H3,(H,19,21). The SMILES string of the molecule is CC(=O)NCC1CCN(c2ccc(CN)c(F)c2F)CC1. The van der Waals surface area contributed by atoms with Crippen LogP contribution in [0.3, 0.4) is 0 Å². The predicted octanol–water partition coefficient (Wildman–Crippen LogP) is 1.78. The molecule has 21 heavy (non-hydrogen) atoms. The molecular formula is C15H21F2N3O. The summed E-state index contributed by atoms with van der Waals surface area (Å²) in [4.78, 5) is 12.7. The van der Waals surface area contributed by atoms with Crippen LogP contribution in [0.2, 0.25) is 0 Å². The van der Waals surface area contributed by atoms with Gasteiger partial charge in [0, 0.05) is 38.7 Å². The molecule has 0 saturated carbocycles. The molecule has 1 aromatic rings. The summed E-state index contributed by atoms with van der Waals surface area (Å²) in [6.07, 6.45) is 1.69. The fourth-order valence-corrected chi connectivity index (χ4v) is 2.65. The van der Waals surface area contributed by atoms with E-state index in [0.717, 1.165) is 12.8 Å². The molecule has 1 amide bonds. The quantitative estimate of drug-likeness (QED) is 0.890. The van der Waals surface area contributed by atoms with Gasteiger partial charge >= 0.3 is 0 Å². The van der Waals surface area contributed by atoms with Gasteiger partial charge in [-0.25, -0.2) is 8.78 Å². The minimum atomic E-state index is -0.852. The molecule has 0 bridgehead atoms. The van der Waals surface area contributed by atoms with Gasteiger partial charge in [0.1, 0.15) is 0 Å². The van der Waals surface area contributed by atoms with E-state index in [-0.39, 0.29) is 18.0 Å². The normalized spacial score (nSPS) is 16.1. The van der Waals surface area contributed by atoms with Crippen LogP contribution in [-0.4, -0.2) is 25.5 Å². The molecule has 1 aliphatic heterocycles. The highest BCUT2D eigenvalue weighted by Gasteiger charge is 2.23. The summed E-state index contributed by atoms with van der Waals surface area (Å²) in [7, 11) is 0. The molecule has 0 radical (unpaired) electrons. The van der Waals surface area contributed by atoms with E-state index in [9.17, 15) is 13.6 Å². The van der Waals surface area contributed by atoms with Gasteiger partial charge in [-0.15, -0.1) is 0 Å². The van der Waals surface area contributed by atoms with Crippen LogP contribution in [0.5, 0.6) is 0 Å². The lowest BCUT2D eigenvalue weighted by Crippen LogP contribution is -2.38. The van der Waals surface area contributed by atoms with Crippen molar-refractivity contribution < 1.29 is 13.6 Å². The number of hydrogen-bond acceptors (Lipinski definition) is 3.